The van der Waals surface area contributed by atoms with Crippen LogP contribution in [0.1, 0.15) is 16.8 Å². The van der Waals surface area contributed by atoms with Crippen LogP contribution in [0.2, 0.25) is 0 Å². The van der Waals surface area contributed by atoms with E-state index in [0.717, 1.165) is 11.1 Å². The van der Waals surface area contributed by atoms with Crippen molar-refractivity contribution in [1.82, 2.24) is 4.98 Å². The highest BCUT2D eigenvalue weighted by Crippen LogP contribution is 2.28. The van der Waals surface area contributed by atoms with E-state index >= 15 is 0 Å². The third-order valence-electron chi connectivity index (χ3n) is 2.65. The third-order valence-corrected chi connectivity index (χ3v) is 2.65. The van der Waals surface area contributed by atoms with Crippen LogP contribution in [0.4, 0.5) is 5.69 Å². The Balaban J connectivity index is 2.20. The van der Waals surface area contributed by atoms with Crippen molar-refractivity contribution in [2.75, 3.05) is 0 Å². The van der Waals surface area contributed by atoms with Crippen LogP contribution < -0.4 is 4.74 Å². The zero-order valence-electron chi connectivity index (χ0n) is 10.7. The maximum absolute atomic E-state index is 10.9. The molecule has 6 heteroatoms. The number of nitro benzene ring substituents is 1. The Morgan fingerprint density at radius 3 is 2.90 bits per heavy atom. The number of benzene rings is 1. The maximum Gasteiger partial charge on any atom is 0.310 e. The quantitative estimate of drug-likeness (QED) is 0.628. The first kappa shape index (κ1) is 13.5. The standard InChI is InChI=1S/C14H11N3O3/c1-10-2-3-13(17(18)19)14(6-10)20-9-11-4-5-16-12(7-11)8-15/h2-7H,9H2,1H3. The lowest BCUT2D eigenvalue weighted by molar-refractivity contribution is -0.386. The fraction of sp³-hybridized carbons (Fsp3) is 0.143. The van der Waals surface area contributed by atoms with Gasteiger partial charge in [0.05, 0.1) is 4.92 Å². The van der Waals surface area contributed by atoms with Gasteiger partial charge < -0.3 is 4.74 Å². The van der Waals surface area contributed by atoms with Gasteiger partial charge in [-0.1, -0.05) is 6.07 Å². The summed E-state index contributed by atoms with van der Waals surface area (Å²) in [7, 11) is 0. The average molecular weight is 269 g/mol. The van der Waals surface area contributed by atoms with Gasteiger partial charge in [0.1, 0.15) is 18.4 Å². The summed E-state index contributed by atoms with van der Waals surface area (Å²) in [5, 5.41) is 19.7. The maximum atomic E-state index is 10.9. The normalized spacial score (nSPS) is 9.80. The van der Waals surface area contributed by atoms with Crippen LogP contribution in [0.5, 0.6) is 5.75 Å². The van der Waals surface area contributed by atoms with E-state index in [4.69, 9.17) is 10.00 Å². The van der Waals surface area contributed by atoms with Crippen molar-refractivity contribution in [1.29, 1.82) is 5.26 Å². The molecule has 20 heavy (non-hydrogen) atoms. The van der Waals surface area contributed by atoms with Gasteiger partial charge >= 0.3 is 5.69 Å². The number of pyridine rings is 1. The number of nitrogens with zero attached hydrogens (tertiary/aromatic N) is 3. The number of nitro groups is 1. The summed E-state index contributed by atoms with van der Waals surface area (Å²) in [6.07, 6.45) is 1.50. The fourth-order valence-electron chi connectivity index (χ4n) is 1.67. The summed E-state index contributed by atoms with van der Waals surface area (Å²) in [5.41, 5.74) is 1.81. The van der Waals surface area contributed by atoms with E-state index in [9.17, 15) is 10.1 Å². The van der Waals surface area contributed by atoms with E-state index in [1.54, 1.807) is 24.3 Å². The summed E-state index contributed by atoms with van der Waals surface area (Å²) < 4.78 is 5.49. The van der Waals surface area contributed by atoms with E-state index in [1.165, 1.54) is 12.3 Å². The summed E-state index contributed by atoms with van der Waals surface area (Å²) in [5.74, 6) is 0.213. The van der Waals surface area contributed by atoms with E-state index in [2.05, 4.69) is 4.98 Å². The van der Waals surface area contributed by atoms with Crippen molar-refractivity contribution in [3.63, 3.8) is 0 Å². The fourth-order valence-corrected chi connectivity index (χ4v) is 1.67. The van der Waals surface area contributed by atoms with Gasteiger partial charge in [0, 0.05) is 12.3 Å². The van der Waals surface area contributed by atoms with Gasteiger partial charge in [-0.3, -0.25) is 10.1 Å². The van der Waals surface area contributed by atoms with Crippen molar-refractivity contribution >= 4 is 5.69 Å². The molecule has 0 fully saturated rings. The first-order valence-corrected chi connectivity index (χ1v) is 5.83. The van der Waals surface area contributed by atoms with E-state index in [1.807, 2.05) is 13.0 Å². The number of rotatable bonds is 4. The second kappa shape index (κ2) is 5.80. The summed E-state index contributed by atoms with van der Waals surface area (Å²) in [6, 6.07) is 9.90. The molecule has 6 nitrogen and oxygen atoms in total. The number of aromatic nitrogens is 1. The van der Waals surface area contributed by atoms with Gasteiger partial charge in [-0.05, 0) is 36.2 Å². The molecule has 1 aromatic carbocycles. The number of aryl methyl sites for hydroxylation is 1. The van der Waals surface area contributed by atoms with Crippen molar-refractivity contribution in [3.8, 4) is 11.8 Å². The minimum absolute atomic E-state index is 0.0786. The zero-order valence-corrected chi connectivity index (χ0v) is 10.7. The molecule has 0 spiro atoms. The van der Waals surface area contributed by atoms with Gasteiger partial charge in [-0.15, -0.1) is 0 Å². The molecule has 0 saturated heterocycles. The van der Waals surface area contributed by atoms with E-state index in [-0.39, 0.29) is 23.7 Å². The Morgan fingerprint density at radius 1 is 1.40 bits per heavy atom. The van der Waals surface area contributed by atoms with Gasteiger partial charge in [-0.2, -0.15) is 5.26 Å². The van der Waals surface area contributed by atoms with E-state index < -0.39 is 4.92 Å². The highest BCUT2D eigenvalue weighted by atomic mass is 16.6. The monoisotopic (exact) mass is 269 g/mol. The smallest absolute Gasteiger partial charge is 0.310 e. The van der Waals surface area contributed by atoms with Gasteiger partial charge in [0.25, 0.3) is 0 Å². The Hall–Kier alpha value is -2.94. The minimum atomic E-state index is -0.484. The number of hydrogen-bond acceptors (Lipinski definition) is 5. The molecule has 0 amide bonds. The average Bonchev–Trinajstić information content (AvgIpc) is 2.45. The molecular weight excluding hydrogens is 258 g/mol. The molecular formula is C14H11N3O3. The Bertz CT molecular complexity index is 692. The van der Waals surface area contributed by atoms with Gasteiger partial charge in [0.2, 0.25) is 0 Å². The van der Waals surface area contributed by atoms with Crippen molar-refractivity contribution in [2.45, 2.75) is 13.5 Å². The minimum Gasteiger partial charge on any atom is -0.482 e. The highest BCUT2D eigenvalue weighted by Gasteiger charge is 2.14. The van der Waals surface area contributed by atoms with E-state index in [0.29, 0.717) is 0 Å². The number of hydrogen-bond donors (Lipinski definition) is 0. The second-order valence-electron chi connectivity index (χ2n) is 4.18. The van der Waals surface area contributed by atoms with Crippen LogP contribution in [0.25, 0.3) is 0 Å². The van der Waals surface area contributed by atoms with Crippen LogP contribution in [0, 0.1) is 28.4 Å². The lowest BCUT2D eigenvalue weighted by Gasteiger charge is -2.07. The summed E-state index contributed by atoms with van der Waals surface area (Å²) >= 11 is 0. The molecule has 0 bridgehead atoms. The molecule has 2 rings (SSSR count). The lowest BCUT2D eigenvalue weighted by atomic mass is 10.2. The molecule has 0 aliphatic rings. The molecule has 0 N–H and O–H groups in total. The van der Waals surface area contributed by atoms with Crippen LogP contribution in [-0.4, -0.2) is 9.91 Å². The molecule has 0 saturated carbocycles. The SMILES string of the molecule is Cc1ccc([N+](=O)[O-])c(OCc2ccnc(C#N)c2)c1. The van der Waals surface area contributed by atoms with Crippen LogP contribution in [0.15, 0.2) is 36.5 Å². The highest BCUT2D eigenvalue weighted by molar-refractivity contribution is 5.48. The Kier molecular flexibility index (Phi) is 3.91. The first-order valence-electron chi connectivity index (χ1n) is 5.83. The molecule has 2 aromatic rings. The largest absolute Gasteiger partial charge is 0.482 e. The lowest BCUT2D eigenvalue weighted by Crippen LogP contribution is -2.00. The molecule has 0 radical (unpaired) electrons. The summed E-state index contributed by atoms with van der Waals surface area (Å²) in [4.78, 5) is 14.3. The second-order valence-corrected chi connectivity index (χ2v) is 4.18. The van der Waals surface area contributed by atoms with Crippen molar-refractivity contribution < 1.29 is 9.66 Å². The van der Waals surface area contributed by atoms with Crippen LogP contribution >= 0.6 is 0 Å². The van der Waals surface area contributed by atoms with Crippen molar-refractivity contribution in [2.24, 2.45) is 0 Å². The summed E-state index contributed by atoms with van der Waals surface area (Å²) in [6.45, 7) is 1.97. The van der Waals surface area contributed by atoms with Crippen LogP contribution in [0.3, 0.4) is 0 Å². The van der Waals surface area contributed by atoms with Gasteiger partial charge in [-0.25, -0.2) is 4.98 Å². The Morgan fingerprint density at radius 2 is 2.20 bits per heavy atom. The third kappa shape index (κ3) is 3.09. The molecule has 0 unspecified atom stereocenters. The first-order chi connectivity index (χ1) is 9.60. The molecule has 1 heterocycles. The molecule has 1 aromatic heterocycles. The molecule has 0 aliphatic heterocycles. The number of ether oxygens (including phenoxy) is 1. The van der Waals surface area contributed by atoms with Crippen molar-refractivity contribution in [3.05, 3.63) is 63.5 Å². The predicted octanol–water partition coefficient (Wildman–Crippen LogP) is 2.75. The van der Waals surface area contributed by atoms with Gasteiger partial charge in [0.15, 0.2) is 5.75 Å². The number of nitriles is 1. The molecule has 100 valence electrons. The molecule has 0 atom stereocenters. The zero-order chi connectivity index (χ0) is 14.5. The topological polar surface area (TPSA) is 89.1 Å². The Labute approximate surface area is 115 Å². The van der Waals surface area contributed by atoms with Crippen LogP contribution in [-0.2, 0) is 6.61 Å². The predicted molar refractivity (Wildman–Crippen MR) is 71.1 cm³/mol. The molecule has 0 aliphatic carbocycles.